The third kappa shape index (κ3) is 3.10. The van der Waals surface area contributed by atoms with Crippen LogP contribution in [-0.4, -0.2) is 47.3 Å². The molecule has 1 aliphatic rings. The van der Waals surface area contributed by atoms with Crippen LogP contribution in [-0.2, 0) is 16.7 Å². The zero-order valence-corrected chi connectivity index (χ0v) is 13.7. The number of hydrogen-bond acceptors (Lipinski definition) is 3. The number of nitrogens with zero attached hydrogens (tertiary/aromatic N) is 2. The lowest BCUT2D eigenvalue weighted by atomic mass is 9.87. The van der Waals surface area contributed by atoms with Crippen LogP contribution >= 0.6 is 0 Å². The van der Waals surface area contributed by atoms with Crippen LogP contribution in [0.4, 0.5) is 0 Å². The number of aromatic nitrogens is 2. The average Bonchev–Trinajstić information content (AvgIpc) is 2.80. The van der Waals surface area contributed by atoms with E-state index in [1.54, 1.807) is 0 Å². The molecule has 2 heterocycles. The number of nitrogens with one attached hydrogen (secondary N) is 1. The highest BCUT2D eigenvalue weighted by Crippen LogP contribution is 2.24. The van der Waals surface area contributed by atoms with Gasteiger partial charge in [-0.05, 0) is 23.1 Å². The number of rotatable bonds is 3. The number of hydrogen-bond donors (Lipinski definition) is 1. The van der Waals surface area contributed by atoms with Gasteiger partial charge in [0.05, 0.1) is 24.2 Å². The maximum Gasteiger partial charge on any atom is 0.326 e. The summed E-state index contributed by atoms with van der Waals surface area (Å²) < 4.78 is 7.20. The average molecular weight is 303 g/mol. The van der Waals surface area contributed by atoms with Crippen LogP contribution in [0.1, 0.15) is 26.3 Å². The molecule has 1 aromatic heterocycles. The fraction of sp³-hybridized carbons (Fsp3) is 0.588. The minimum absolute atomic E-state index is 0.0191. The van der Waals surface area contributed by atoms with E-state index < -0.39 is 0 Å². The summed E-state index contributed by atoms with van der Waals surface area (Å²) in [6.45, 7) is 11.6. The largest absolute Gasteiger partial charge is 0.379 e. The highest BCUT2D eigenvalue weighted by atomic mass is 16.5. The lowest BCUT2D eigenvalue weighted by Gasteiger charge is -2.26. The SMILES string of the molecule is CC(C)(C)c1ccc2c(c1)[nH]c(=O)n2CCN1CCOCC1. The van der Waals surface area contributed by atoms with Crippen molar-refractivity contribution >= 4 is 11.0 Å². The summed E-state index contributed by atoms with van der Waals surface area (Å²) in [7, 11) is 0. The first kappa shape index (κ1) is 15.3. The lowest BCUT2D eigenvalue weighted by Crippen LogP contribution is -2.39. The summed E-state index contributed by atoms with van der Waals surface area (Å²) in [5.41, 5.74) is 3.22. The number of benzene rings is 1. The Labute approximate surface area is 130 Å². The Hall–Kier alpha value is -1.59. The van der Waals surface area contributed by atoms with E-state index in [-0.39, 0.29) is 11.1 Å². The van der Waals surface area contributed by atoms with Crippen molar-refractivity contribution in [2.45, 2.75) is 32.7 Å². The molecule has 1 N–H and O–H groups in total. The predicted octanol–water partition coefficient (Wildman–Crippen LogP) is 1.96. The summed E-state index contributed by atoms with van der Waals surface area (Å²) in [6.07, 6.45) is 0. The second-order valence-electron chi connectivity index (χ2n) is 7.02. The van der Waals surface area contributed by atoms with Gasteiger partial charge < -0.3 is 9.72 Å². The normalized spacial score (nSPS) is 17.2. The molecule has 2 aromatic rings. The first-order valence-electron chi connectivity index (χ1n) is 7.98. The van der Waals surface area contributed by atoms with Gasteiger partial charge in [0.15, 0.2) is 0 Å². The summed E-state index contributed by atoms with van der Waals surface area (Å²) in [5.74, 6) is 0. The third-order valence-electron chi connectivity index (χ3n) is 4.38. The number of imidazole rings is 1. The molecule has 5 nitrogen and oxygen atoms in total. The number of H-pyrrole nitrogens is 1. The Morgan fingerprint density at radius 3 is 2.59 bits per heavy atom. The molecule has 1 saturated heterocycles. The zero-order chi connectivity index (χ0) is 15.7. The van der Waals surface area contributed by atoms with Crippen molar-refractivity contribution in [3.63, 3.8) is 0 Å². The minimum Gasteiger partial charge on any atom is -0.379 e. The van der Waals surface area contributed by atoms with E-state index >= 15 is 0 Å². The van der Waals surface area contributed by atoms with Crippen molar-refractivity contribution in [1.82, 2.24) is 14.5 Å². The topological polar surface area (TPSA) is 50.3 Å². The highest BCUT2D eigenvalue weighted by Gasteiger charge is 2.16. The number of ether oxygens (including phenoxy) is 1. The molecule has 0 aliphatic carbocycles. The van der Waals surface area contributed by atoms with Crippen LogP contribution in [0.2, 0.25) is 0 Å². The van der Waals surface area contributed by atoms with E-state index in [1.165, 1.54) is 5.56 Å². The molecule has 5 heteroatoms. The monoisotopic (exact) mass is 303 g/mol. The van der Waals surface area contributed by atoms with Gasteiger partial charge in [-0.25, -0.2) is 4.79 Å². The molecule has 3 rings (SSSR count). The lowest BCUT2D eigenvalue weighted by molar-refractivity contribution is 0.0364. The Morgan fingerprint density at radius 2 is 1.91 bits per heavy atom. The molecule has 1 aliphatic heterocycles. The van der Waals surface area contributed by atoms with Crippen LogP contribution in [0.15, 0.2) is 23.0 Å². The second kappa shape index (κ2) is 5.89. The van der Waals surface area contributed by atoms with Crippen molar-refractivity contribution in [3.8, 4) is 0 Å². The number of morpholine rings is 1. The van der Waals surface area contributed by atoms with Gasteiger partial charge in [-0.2, -0.15) is 0 Å². The number of aromatic amines is 1. The van der Waals surface area contributed by atoms with Crippen molar-refractivity contribution in [2.24, 2.45) is 0 Å². The predicted molar refractivity (Wildman–Crippen MR) is 88.5 cm³/mol. The number of fused-ring (bicyclic) bond motifs is 1. The van der Waals surface area contributed by atoms with Crippen molar-refractivity contribution in [1.29, 1.82) is 0 Å². The molecule has 0 atom stereocenters. The third-order valence-corrected chi connectivity index (χ3v) is 4.38. The van der Waals surface area contributed by atoms with E-state index in [9.17, 15) is 4.79 Å². The van der Waals surface area contributed by atoms with E-state index in [1.807, 2.05) is 4.57 Å². The van der Waals surface area contributed by atoms with E-state index in [2.05, 4.69) is 48.9 Å². The molecule has 0 radical (unpaired) electrons. The van der Waals surface area contributed by atoms with Crippen LogP contribution in [0.25, 0.3) is 11.0 Å². The summed E-state index contributed by atoms with van der Waals surface area (Å²) in [6, 6.07) is 6.29. The Kier molecular flexibility index (Phi) is 4.10. The van der Waals surface area contributed by atoms with Gasteiger partial charge >= 0.3 is 5.69 Å². The summed E-state index contributed by atoms with van der Waals surface area (Å²) >= 11 is 0. The van der Waals surface area contributed by atoms with Gasteiger partial charge in [-0.3, -0.25) is 9.47 Å². The molecule has 0 unspecified atom stereocenters. The molecule has 22 heavy (non-hydrogen) atoms. The van der Waals surface area contributed by atoms with Crippen LogP contribution in [0.3, 0.4) is 0 Å². The highest BCUT2D eigenvalue weighted by molar-refractivity contribution is 5.76. The van der Waals surface area contributed by atoms with Crippen LogP contribution in [0.5, 0.6) is 0 Å². The standard InChI is InChI=1S/C17H25N3O2/c1-17(2,3)13-4-5-15-14(12-13)18-16(21)20(15)7-6-19-8-10-22-11-9-19/h4-5,12H,6-11H2,1-3H3,(H,18,21). The van der Waals surface area contributed by atoms with Gasteiger partial charge in [0.1, 0.15) is 0 Å². The van der Waals surface area contributed by atoms with Crippen molar-refractivity contribution < 1.29 is 4.74 Å². The first-order chi connectivity index (χ1) is 10.4. The Bertz CT molecular complexity index is 703. The molecule has 0 amide bonds. The minimum atomic E-state index is -0.0191. The second-order valence-corrected chi connectivity index (χ2v) is 7.02. The first-order valence-corrected chi connectivity index (χ1v) is 7.98. The maximum absolute atomic E-state index is 12.2. The maximum atomic E-state index is 12.2. The Balaban J connectivity index is 1.83. The van der Waals surface area contributed by atoms with Crippen LogP contribution < -0.4 is 5.69 Å². The fourth-order valence-corrected chi connectivity index (χ4v) is 2.92. The Morgan fingerprint density at radius 1 is 1.18 bits per heavy atom. The molecule has 1 aromatic carbocycles. The summed E-state index contributed by atoms with van der Waals surface area (Å²) in [5, 5.41) is 0. The van der Waals surface area contributed by atoms with E-state index in [4.69, 9.17) is 4.74 Å². The van der Waals surface area contributed by atoms with Gasteiger partial charge in [0.2, 0.25) is 0 Å². The van der Waals surface area contributed by atoms with Crippen LogP contribution in [0, 0.1) is 0 Å². The van der Waals surface area contributed by atoms with E-state index in [0.717, 1.165) is 43.9 Å². The smallest absolute Gasteiger partial charge is 0.326 e. The van der Waals surface area contributed by atoms with Gasteiger partial charge in [0, 0.05) is 26.2 Å². The van der Waals surface area contributed by atoms with E-state index in [0.29, 0.717) is 6.54 Å². The molecule has 1 fully saturated rings. The molecule has 120 valence electrons. The van der Waals surface area contributed by atoms with Crippen molar-refractivity contribution in [3.05, 3.63) is 34.2 Å². The quantitative estimate of drug-likeness (QED) is 0.943. The van der Waals surface area contributed by atoms with Gasteiger partial charge in [-0.1, -0.05) is 26.8 Å². The fourth-order valence-electron chi connectivity index (χ4n) is 2.92. The molecule has 0 saturated carbocycles. The molecular weight excluding hydrogens is 278 g/mol. The molecule has 0 spiro atoms. The zero-order valence-electron chi connectivity index (χ0n) is 13.7. The molecular formula is C17H25N3O2. The van der Waals surface area contributed by atoms with Crippen molar-refractivity contribution in [2.75, 3.05) is 32.8 Å². The van der Waals surface area contributed by atoms with Gasteiger partial charge in [0.25, 0.3) is 0 Å². The summed E-state index contributed by atoms with van der Waals surface area (Å²) in [4.78, 5) is 17.6. The molecule has 0 bridgehead atoms. The van der Waals surface area contributed by atoms with Gasteiger partial charge in [-0.15, -0.1) is 0 Å².